The van der Waals surface area contributed by atoms with Crippen molar-refractivity contribution in [1.82, 2.24) is 4.98 Å². The van der Waals surface area contributed by atoms with Gasteiger partial charge in [0.2, 0.25) is 5.91 Å². The Morgan fingerprint density at radius 1 is 1.00 bits per heavy atom. The van der Waals surface area contributed by atoms with E-state index in [-0.39, 0.29) is 17.5 Å². The van der Waals surface area contributed by atoms with E-state index in [0.717, 1.165) is 50.4 Å². The van der Waals surface area contributed by atoms with Crippen molar-refractivity contribution in [2.24, 2.45) is 34.8 Å². The van der Waals surface area contributed by atoms with Crippen molar-refractivity contribution in [2.45, 2.75) is 77.2 Å². The maximum atomic E-state index is 12.6. The average Bonchev–Trinajstić information content (AvgIpc) is 3.28. The average molecular weight is 529 g/mol. The van der Waals surface area contributed by atoms with E-state index in [0.29, 0.717) is 29.6 Å². The third kappa shape index (κ3) is 6.00. The molecule has 2 N–H and O–H groups in total. The first-order valence-electron chi connectivity index (χ1n) is 14.5. The molecule has 0 radical (unpaired) electrons. The summed E-state index contributed by atoms with van der Waals surface area (Å²) in [6, 6.07) is 13.5. The molecule has 0 saturated heterocycles. The molecule has 2 aromatic rings. The van der Waals surface area contributed by atoms with Gasteiger partial charge in [-0.3, -0.25) is 19.4 Å². The summed E-state index contributed by atoms with van der Waals surface area (Å²) in [7, 11) is 0. The number of hydrogen-bond acceptors (Lipinski definition) is 5. The Bertz CT molecular complexity index is 1210. The quantitative estimate of drug-likeness (QED) is 0.491. The number of allylic oxidation sites excluding steroid dienone is 1. The van der Waals surface area contributed by atoms with Crippen molar-refractivity contribution in [3.8, 4) is 0 Å². The second kappa shape index (κ2) is 11.8. The molecule has 1 aromatic carbocycles. The third-order valence-corrected chi connectivity index (χ3v) is 9.89. The van der Waals surface area contributed by atoms with Gasteiger partial charge in [0.05, 0.1) is 5.56 Å². The van der Waals surface area contributed by atoms with E-state index < -0.39 is 5.91 Å². The molecule has 4 aliphatic carbocycles. The van der Waals surface area contributed by atoms with Crippen LogP contribution in [0.2, 0.25) is 0 Å². The van der Waals surface area contributed by atoms with Gasteiger partial charge in [0.1, 0.15) is 6.10 Å². The summed E-state index contributed by atoms with van der Waals surface area (Å²) in [6.45, 7) is 2.39. The predicted molar refractivity (Wildman–Crippen MR) is 149 cm³/mol. The van der Waals surface area contributed by atoms with E-state index in [1.165, 1.54) is 36.6 Å². The first kappa shape index (κ1) is 27.3. The van der Waals surface area contributed by atoms with E-state index in [1.807, 2.05) is 24.3 Å². The maximum absolute atomic E-state index is 12.6. The van der Waals surface area contributed by atoms with Gasteiger partial charge in [0.15, 0.2) is 5.78 Å². The zero-order chi connectivity index (χ0) is 27.4. The molecule has 39 heavy (non-hydrogen) atoms. The summed E-state index contributed by atoms with van der Waals surface area (Å²) in [4.78, 5) is 38.6. The minimum Gasteiger partial charge on any atom is -0.462 e. The molecule has 1 aromatic heterocycles. The highest BCUT2D eigenvalue weighted by Crippen LogP contribution is 2.62. The summed E-state index contributed by atoms with van der Waals surface area (Å²) >= 11 is 0. The molecule has 6 heteroatoms. The molecule has 0 spiro atoms. The fourth-order valence-corrected chi connectivity index (χ4v) is 7.94. The van der Waals surface area contributed by atoms with Crippen LogP contribution in [0.4, 0.5) is 0 Å². The molecule has 1 amide bonds. The van der Waals surface area contributed by atoms with Gasteiger partial charge in [-0.1, -0.05) is 42.8 Å². The largest absolute Gasteiger partial charge is 0.462 e. The van der Waals surface area contributed by atoms with Gasteiger partial charge < -0.3 is 10.5 Å². The standard InChI is InChI=1S/C27H34O3.C6H6N2O/c1-27-16-15-22-21-11-9-20(28)17-19(21)8-10-23(22)24(27)12-13-25(27)30-26(29)14-7-18-5-3-2-4-6-18;7-6(9)5-2-1-3-8-4-5/h2-6,17,21-25H,7-16H2,1H3;1-4H,(H2,7,9)/t21-,22+,23+,24-,25-,27-;/m0./s1. The third-order valence-electron chi connectivity index (χ3n) is 9.89. The van der Waals surface area contributed by atoms with Crippen LogP contribution >= 0.6 is 0 Å². The lowest BCUT2D eigenvalue weighted by atomic mass is 9.52. The number of fused-ring (bicyclic) bond motifs is 5. The fraction of sp³-hybridized carbons (Fsp3) is 0.515. The number of aryl methyl sites for hydroxylation is 1. The Balaban J connectivity index is 0.000000292. The number of carbonyl (C=O) groups is 3. The normalized spacial score (nSPS) is 30.9. The van der Waals surface area contributed by atoms with Gasteiger partial charge in [-0.15, -0.1) is 0 Å². The van der Waals surface area contributed by atoms with Crippen molar-refractivity contribution in [3.05, 3.63) is 77.6 Å². The fourth-order valence-electron chi connectivity index (χ4n) is 7.94. The number of nitrogens with two attached hydrogens (primary N) is 1. The lowest BCUT2D eigenvalue weighted by molar-refractivity contribution is -0.158. The molecule has 3 fully saturated rings. The SMILES string of the molecule is C[C@]12CC[C@H]3[C@@H](CCC4=CC(=O)CC[C@@H]43)[C@@H]1CC[C@@H]2OC(=O)CCc1ccccc1.NC(=O)c1cccnc1. The lowest BCUT2D eigenvalue weighted by Crippen LogP contribution is -2.48. The van der Waals surface area contributed by atoms with Crippen molar-refractivity contribution >= 4 is 17.7 Å². The van der Waals surface area contributed by atoms with E-state index in [2.05, 4.69) is 24.0 Å². The summed E-state index contributed by atoms with van der Waals surface area (Å²) in [5.41, 5.74) is 8.15. The first-order chi connectivity index (χ1) is 18.8. The van der Waals surface area contributed by atoms with Gasteiger partial charge in [0.25, 0.3) is 0 Å². The number of rotatable bonds is 5. The van der Waals surface area contributed by atoms with Gasteiger partial charge >= 0.3 is 5.97 Å². The lowest BCUT2D eigenvalue weighted by Gasteiger charge is -2.53. The molecule has 0 unspecified atom stereocenters. The van der Waals surface area contributed by atoms with Crippen LogP contribution in [0, 0.1) is 29.1 Å². The van der Waals surface area contributed by atoms with E-state index >= 15 is 0 Å². The monoisotopic (exact) mass is 528 g/mol. The second-order valence-electron chi connectivity index (χ2n) is 12.0. The Morgan fingerprint density at radius 3 is 2.54 bits per heavy atom. The number of hydrogen-bond donors (Lipinski definition) is 1. The van der Waals surface area contributed by atoms with Gasteiger partial charge in [-0.05, 0) is 98.8 Å². The van der Waals surface area contributed by atoms with Crippen LogP contribution in [0.3, 0.4) is 0 Å². The van der Waals surface area contributed by atoms with Gasteiger partial charge in [-0.25, -0.2) is 0 Å². The summed E-state index contributed by atoms with van der Waals surface area (Å²) in [5.74, 6) is 2.65. The predicted octanol–water partition coefficient (Wildman–Crippen LogP) is 5.85. The van der Waals surface area contributed by atoms with Crippen molar-refractivity contribution in [3.63, 3.8) is 0 Å². The van der Waals surface area contributed by atoms with Crippen molar-refractivity contribution in [2.75, 3.05) is 0 Å². The molecule has 0 bridgehead atoms. The number of benzene rings is 1. The molecule has 0 aliphatic heterocycles. The highest BCUT2D eigenvalue weighted by atomic mass is 16.5. The molecule has 3 saturated carbocycles. The van der Waals surface area contributed by atoms with Crippen LogP contribution in [-0.2, 0) is 20.7 Å². The Kier molecular flexibility index (Phi) is 8.29. The van der Waals surface area contributed by atoms with Gasteiger partial charge in [0, 0.05) is 30.7 Å². The Hall–Kier alpha value is -3.28. The molecule has 206 valence electrons. The number of ether oxygens (including phenoxy) is 1. The van der Waals surface area contributed by atoms with E-state index in [1.54, 1.807) is 18.3 Å². The number of primary amides is 1. The molecule has 6 atom stereocenters. The van der Waals surface area contributed by atoms with Crippen LogP contribution in [0.5, 0.6) is 0 Å². The summed E-state index contributed by atoms with van der Waals surface area (Å²) < 4.78 is 6.11. The first-order valence-corrected chi connectivity index (χ1v) is 14.5. The van der Waals surface area contributed by atoms with E-state index in [9.17, 15) is 14.4 Å². The van der Waals surface area contributed by atoms with Crippen LogP contribution in [-0.4, -0.2) is 28.7 Å². The number of esters is 1. The van der Waals surface area contributed by atoms with Crippen LogP contribution in [0.1, 0.15) is 80.6 Å². The number of pyridine rings is 1. The highest BCUT2D eigenvalue weighted by Gasteiger charge is 2.57. The number of nitrogens with zero attached hydrogens (tertiary/aromatic N) is 1. The smallest absolute Gasteiger partial charge is 0.306 e. The maximum Gasteiger partial charge on any atom is 0.306 e. The van der Waals surface area contributed by atoms with Gasteiger partial charge in [-0.2, -0.15) is 0 Å². The zero-order valence-electron chi connectivity index (χ0n) is 22.9. The topological polar surface area (TPSA) is 99.4 Å². The minimum atomic E-state index is -0.442. The summed E-state index contributed by atoms with van der Waals surface area (Å²) in [5, 5.41) is 0. The Labute approximate surface area is 231 Å². The summed E-state index contributed by atoms with van der Waals surface area (Å²) in [6.07, 6.45) is 15.0. The molecular formula is C33H40N2O4. The van der Waals surface area contributed by atoms with Crippen LogP contribution < -0.4 is 5.73 Å². The number of amides is 1. The van der Waals surface area contributed by atoms with Crippen molar-refractivity contribution < 1.29 is 19.1 Å². The van der Waals surface area contributed by atoms with Crippen molar-refractivity contribution in [1.29, 1.82) is 0 Å². The number of carbonyl (C=O) groups excluding carboxylic acids is 3. The Morgan fingerprint density at radius 2 is 1.82 bits per heavy atom. The second-order valence-corrected chi connectivity index (χ2v) is 12.0. The number of ketones is 1. The highest BCUT2D eigenvalue weighted by molar-refractivity contribution is 5.92. The minimum absolute atomic E-state index is 0.0347. The molecule has 6 rings (SSSR count). The molecule has 1 heterocycles. The molecular weight excluding hydrogens is 488 g/mol. The van der Waals surface area contributed by atoms with E-state index in [4.69, 9.17) is 10.5 Å². The van der Waals surface area contributed by atoms with Crippen LogP contribution in [0.15, 0.2) is 66.5 Å². The molecule has 4 aliphatic rings. The molecule has 6 nitrogen and oxygen atoms in total. The zero-order valence-corrected chi connectivity index (χ0v) is 22.9. The number of aromatic nitrogens is 1. The van der Waals surface area contributed by atoms with Crippen LogP contribution in [0.25, 0.3) is 0 Å².